The van der Waals surface area contributed by atoms with Crippen molar-refractivity contribution in [1.82, 2.24) is 19.2 Å². The molecule has 1 aliphatic rings. The summed E-state index contributed by atoms with van der Waals surface area (Å²) in [5.41, 5.74) is 0.630. The van der Waals surface area contributed by atoms with Gasteiger partial charge in [0.25, 0.3) is 0 Å². The van der Waals surface area contributed by atoms with Gasteiger partial charge in [-0.3, -0.25) is 4.79 Å². The normalized spacial score (nSPS) is 17.2. The Balaban J connectivity index is 1.88. The van der Waals surface area contributed by atoms with E-state index in [1.54, 1.807) is 44.3 Å². The molecule has 1 atom stereocenters. The van der Waals surface area contributed by atoms with Gasteiger partial charge in [0.05, 0.1) is 17.1 Å². The maximum atomic E-state index is 12.9. The number of rotatable bonds is 6. The van der Waals surface area contributed by atoms with Crippen LogP contribution >= 0.6 is 0 Å². The van der Waals surface area contributed by atoms with Crippen LogP contribution in [0.25, 0.3) is 0 Å². The molecule has 1 fully saturated rings. The van der Waals surface area contributed by atoms with E-state index in [0.29, 0.717) is 18.1 Å². The van der Waals surface area contributed by atoms with Gasteiger partial charge in [0.15, 0.2) is 0 Å². The first-order chi connectivity index (χ1) is 14.2. The van der Waals surface area contributed by atoms with Crippen LogP contribution in [0.3, 0.4) is 0 Å². The van der Waals surface area contributed by atoms with Crippen LogP contribution in [0.1, 0.15) is 37.2 Å². The summed E-state index contributed by atoms with van der Waals surface area (Å²) in [4.78, 5) is 25.2. The van der Waals surface area contributed by atoms with Gasteiger partial charge in [0, 0.05) is 53.1 Å². The number of aromatic nitrogens is 2. The fourth-order valence-electron chi connectivity index (χ4n) is 3.56. The van der Waals surface area contributed by atoms with Crippen LogP contribution < -0.4 is 4.90 Å². The lowest BCUT2D eigenvalue weighted by Crippen LogP contribution is -2.38. The Labute approximate surface area is 178 Å². The summed E-state index contributed by atoms with van der Waals surface area (Å²) in [5.74, 6) is 1.47. The predicted molar refractivity (Wildman–Crippen MR) is 116 cm³/mol. The van der Waals surface area contributed by atoms with Gasteiger partial charge in [0.1, 0.15) is 11.6 Å². The number of nitrogens with zero attached hydrogens (tertiary/aromatic N) is 5. The summed E-state index contributed by atoms with van der Waals surface area (Å²) in [6.45, 7) is 3.05. The Hall–Kier alpha value is -2.52. The average molecular weight is 432 g/mol. The molecule has 1 saturated heterocycles. The molecule has 2 aromatic rings. The van der Waals surface area contributed by atoms with Gasteiger partial charge in [-0.05, 0) is 25.0 Å². The number of sulfonamides is 1. The molecule has 9 heteroatoms. The summed E-state index contributed by atoms with van der Waals surface area (Å²) < 4.78 is 27.1. The zero-order valence-electron chi connectivity index (χ0n) is 17.9. The molecule has 0 unspecified atom stereocenters. The Morgan fingerprint density at radius 1 is 1.17 bits per heavy atom. The lowest BCUT2D eigenvalue weighted by molar-refractivity contribution is -0.130. The molecule has 0 spiro atoms. The lowest BCUT2D eigenvalue weighted by Gasteiger charge is -2.31. The number of anilines is 1. The van der Waals surface area contributed by atoms with Crippen LogP contribution in [0.2, 0.25) is 0 Å². The summed E-state index contributed by atoms with van der Waals surface area (Å²) >= 11 is 0. The molecule has 1 amide bonds. The first kappa shape index (κ1) is 22.2. The predicted octanol–water partition coefficient (Wildman–Crippen LogP) is 2.09. The molecule has 0 aliphatic carbocycles. The SMILES string of the molecule is CC(=O)N1CCC[C@H](c2nc(CN(C)S(=O)(=O)c3ccccc3)cc(N(C)C)n2)C1. The molecule has 2 heterocycles. The Morgan fingerprint density at radius 2 is 1.87 bits per heavy atom. The van der Waals surface area contributed by atoms with Gasteiger partial charge in [-0.25, -0.2) is 18.4 Å². The van der Waals surface area contributed by atoms with Gasteiger partial charge in [-0.2, -0.15) is 4.31 Å². The Kier molecular flexibility index (Phi) is 6.72. The zero-order chi connectivity index (χ0) is 21.9. The number of carbonyl (C=O) groups is 1. The summed E-state index contributed by atoms with van der Waals surface area (Å²) in [7, 11) is 1.72. The minimum atomic E-state index is -3.62. The quantitative estimate of drug-likeness (QED) is 0.696. The number of benzene rings is 1. The molecular weight excluding hydrogens is 402 g/mol. The van der Waals surface area contributed by atoms with Gasteiger partial charge in [-0.1, -0.05) is 18.2 Å². The number of carbonyl (C=O) groups excluding carboxylic acids is 1. The monoisotopic (exact) mass is 431 g/mol. The molecule has 1 aromatic carbocycles. The number of piperidine rings is 1. The molecule has 162 valence electrons. The molecular formula is C21H29N5O3S. The van der Waals surface area contributed by atoms with E-state index in [1.165, 1.54) is 4.31 Å². The van der Waals surface area contributed by atoms with Crippen molar-refractivity contribution in [2.45, 2.75) is 37.1 Å². The number of hydrogen-bond donors (Lipinski definition) is 0. The van der Waals surface area contributed by atoms with E-state index in [1.807, 2.05) is 30.0 Å². The summed E-state index contributed by atoms with van der Waals surface area (Å²) in [5, 5.41) is 0. The van der Waals surface area contributed by atoms with Crippen molar-refractivity contribution in [3.8, 4) is 0 Å². The van der Waals surface area contributed by atoms with Crippen molar-refractivity contribution in [2.75, 3.05) is 39.1 Å². The maximum absolute atomic E-state index is 12.9. The molecule has 0 bridgehead atoms. The van der Waals surface area contributed by atoms with Crippen LogP contribution in [0.5, 0.6) is 0 Å². The summed E-state index contributed by atoms with van der Waals surface area (Å²) in [6, 6.07) is 10.2. The first-order valence-corrected chi connectivity index (χ1v) is 11.4. The molecule has 8 nitrogen and oxygen atoms in total. The average Bonchev–Trinajstić information content (AvgIpc) is 2.74. The van der Waals surface area contributed by atoms with E-state index >= 15 is 0 Å². The first-order valence-electron chi connectivity index (χ1n) is 10.0. The Bertz CT molecular complexity index is 995. The van der Waals surface area contributed by atoms with Crippen LogP contribution in [0.4, 0.5) is 5.82 Å². The van der Waals surface area contributed by atoms with Crippen molar-refractivity contribution in [2.24, 2.45) is 0 Å². The molecule has 1 aromatic heterocycles. The van der Waals surface area contributed by atoms with Gasteiger partial charge in [0.2, 0.25) is 15.9 Å². The molecule has 0 N–H and O–H groups in total. The van der Waals surface area contributed by atoms with Gasteiger partial charge in [-0.15, -0.1) is 0 Å². The van der Waals surface area contributed by atoms with Gasteiger partial charge >= 0.3 is 0 Å². The maximum Gasteiger partial charge on any atom is 0.243 e. The minimum absolute atomic E-state index is 0.0392. The molecule has 30 heavy (non-hydrogen) atoms. The van der Waals surface area contributed by atoms with E-state index in [9.17, 15) is 13.2 Å². The Morgan fingerprint density at radius 3 is 2.50 bits per heavy atom. The van der Waals surface area contributed by atoms with Crippen LogP contribution in [-0.2, 0) is 21.4 Å². The highest BCUT2D eigenvalue weighted by Crippen LogP contribution is 2.27. The lowest BCUT2D eigenvalue weighted by atomic mass is 9.97. The van der Waals surface area contributed by atoms with Crippen molar-refractivity contribution >= 4 is 21.7 Å². The second-order valence-electron chi connectivity index (χ2n) is 7.85. The van der Waals surface area contributed by atoms with E-state index in [4.69, 9.17) is 4.98 Å². The van der Waals surface area contributed by atoms with E-state index in [2.05, 4.69) is 4.98 Å². The number of hydrogen-bond acceptors (Lipinski definition) is 6. The molecule has 3 rings (SSSR count). The van der Waals surface area contributed by atoms with Crippen molar-refractivity contribution in [3.63, 3.8) is 0 Å². The van der Waals surface area contributed by atoms with E-state index in [-0.39, 0.29) is 23.3 Å². The van der Waals surface area contributed by atoms with Gasteiger partial charge < -0.3 is 9.80 Å². The van der Waals surface area contributed by atoms with E-state index < -0.39 is 10.0 Å². The molecule has 1 aliphatic heterocycles. The standard InChI is InChI=1S/C21H29N5O3S/c1-16(27)26-12-8-9-17(14-26)21-22-18(13-20(23-21)24(2)3)15-25(4)30(28,29)19-10-6-5-7-11-19/h5-7,10-11,13,17H,8-9,12,14-15H2,1-4H3/t17-/m0/s1. The highest BCUT2D eigenvalue weighted by Gasteiger charge is 2.27. The third-order valence-corrected chi connectivity index (χ3v) is 7.13. The van der Waals surface area contributed by atoms with Crippen LogP contribution in [0.15, 0.2) is 41.3 Å². The number of likely N-dealkylation sites (tertiary alicyclic amines) is 1. The fraction of sp³-hybridized carbons (Fsp3) is 0.476. The van der Waals surface area contributed by atoms with E-state index in [0.717, 1.165) is 25.2 Å². The van der Waals surface area contributed by atoms with Crippen molar-refractivity contribution in [3.05, 3.63) is 47.9 Å². The third kappa shape index (κ3) is 4.96. The molecule has 0 saturated carbocycles. The fourth-order valence-corrected chi connectivity index (χ4v) is 4.72. The zero-order valence-corrected chi connectivity index (χ0v) is 18.8. The van der Waals surface area contributed by atoms with Crippen molar-refractivity contribution in [1.29, 1.82) is 0 Å². The summed E-state index contributed by atoms with van der Waals surface area (Å²) in [6.07, 6.45) is 1.80. The second-order valence-corrected chi connectivity index (χ2v) is 9.89. The number of amides is 1. The minimum Gasteiger partial charge on any atom is -0.363 e. The van der Waals surface area contributed by atoms with Crippen molar-refractivity contribution < 1.29 is 13.2 Å². The largest absolute Gasteiger partial charge is 0.363 e. The highest BCUT2D eigenvalue weighted by atomic mass is 32.2. The molecule has 0 radical (unpaired) electrons. The van der Waals surface area contributed by atoms with Crippen LogP contribution in [0, 0.1) is 0 Å². The smallest absolute Gasteiger partial charge is 0.243 e. The second kappa shape index (κ2) is 9.09. The van der Waals surface area contributed by atoms with Crippen LogP contribution in [-0.4, -0.2) is 67.7 Å². The third-order valence-electron chi connectivity index (χ3n) is 5.31. The highest BCUT2D eigenvalue weighted by molar-refractivity contribution is 7.89. The topological polar surface area (TPSA) is 86.7 Å².